The average Bonchev–Trinajstić information content (AvgIpc) is 2.42. The predicted molar refractivity (Wildman–Crippen MR) is 69.3 cm³/mol. The first-order chi connectivity index (χ1) is 9.90. The van der Waals surface area contributed by atoms with Crippen LogP contribution in [0.25, 0.3) is 0 Å². The lowest BCUT2D eigenvalue weighted by molar-refractivity contribution is -0.385. The minimum Gasteiger partial charge on any atom is -0.476 e. The van der Waals surface area contributed by atoms with Crippen LogP contribution in [-0.4, -0.2) is 21.0 Å². The normalized spacial score (nSPS) is 10.2. The van der Waals surface area contributed by atoms with Gasteiger partial charge in [-0.1, -0.05) is 11.6 Å². The van der Waals surface area contributed by atoms with Gasteiger partial charge in [0.1, 0.15) is 5.82 Å². The number of pyridine rings is 1. The molecule has 1 aromatic carbocycles. The van der Waals surface area contributed by atoms with Crippen molar-refractivity contribution in [3.05, 3.63) is 57.1 Å². The minimum atomic E-state index is -1.37. The van der Waals surface area contributed by atoms with E-state index < -0.39 is 33.1 Å². The van der Waals surface area contributed by atoms with E-state index in [0.29, 0.717) is 6.07 Å². The lowest BCUT2D eigenvalue weighted by atomic mass is 10.2. The van der Waals surface area contributed by atoms with E-state index in [1.54, 1.807) is 0 Å². The van der Waals surface area contributed by atoms with Crippen molar-refractivity contribution >= 4 is 23.3 Å². The molecule has 0 bridgehead atoms. The Morgan fingerprint density at radius 1 is 1.43 bits per heavy atom. The highest BCUT2D eigenvalue weighted by Gasteiger charge is 2.22. The Labute approximate surface area is 121 Å². The summed E-state index contributed by atoms with van der Waals surface area (Å²) in [6.07, 6.45) is 1.22. The summed E-state index contributed by atoms with van der Waals surface area (Å²) in [5, 5.41) is 19.4. The van der Waals surface area contributed by atoms with Crippen molar-refractivity contribution in [2.45, 2.75) is 0 Å². The zero-order valence-electron chi connectivity index (χ0n) is 10.1. The third-order valence-electron chi connectivity index (χ3n) is 2.39. The van der Waals surface area contributed by atoms with Gasteiger partial charge in [0.05, 0.1) is 16.0 Å². The first kappa shape index (κ1) is 14.7. The summed E-state index contributed by atoms with van der Waals surface area (Å²) in [7, 11) is 0. The lowest BCUT2D eigenvalue weighted by Crippen LogP contribution is -2.03. The number of carboxylic acids is 1. The summed E-state index contributed by atoms with van der Waals surface area (Å²) in [6.45, 7) is 0. The van der Waals surface area contributed by atoms with Crippen LogP contribution in [0.4, 0.5) is 10.1 Å². The molecule has 2 aromatic rings. The summed E-state index contributed by atoms with van der Waals surface area (Å²) in [6, 6.07) is 4.14. The van der Waals surface area contributed by atoms with Crippen molar-refractivity contribution < 1.29 is 24.0 Å². The molecule has 2 rings (SSSR count). The van der Waals surface area contributed by atoms with Crippen molar-refractivity contribution in [1.82, 2.24) is 4.98 Å². The molecule has 21 heavy (non-hydrogen) atoms. The van der Waals surface area contributed by atoms with E-state index in [9.17, 15) is 19.3 Å². The number of carbonyl (C=O) groups is 1. The van der Waals surface area contributed by atoms with E-state index in [0.717, 1.165) is 6.07 Å². The molecule has 0 aliphatic heterocycles. The van der Waals surface area contributed by atoms with Gasteiger partial charge in [0.15, 0.2) is 11.4 Å². The Morgan fingerprint density at radius 3 is 2.76 bits per heavy atom. The summed E-state index contributed by atoms with van der Waals surface area (Å²) in [5.74, 6) is -2.97. The molecule has 1 N–H and O–H groups in total. The SMILES string of the molecule is O=C(O)c1ncccc1Oc1cc(Cl)c(F)cc1[N+](=O)[O-]. The molecule has 1 aromatic heterocycles. The van der Waals surface area contributed by atoms with Gasteiger partial charge < -0.3 is 9.84 Å². The fourth-order valence-electron chi connectivity index (χ4n) is 1.49. The molecule has 0 radical (unpaired) electrons. The fraction of sp³-hybridized carbons (Fsp3) is 0. The molecule has 0 saturated carbocycles. The molecular formula is C12H6ClFN2O5. The molecule has 0 aliphatic carbocycles. The van der Waals surface area contributed by atoms with Gasteiger partial charge in [-0.2, -0.15) is 0 Å². The van der Waals surface area contributed by atoms with Gasteiger partial charge in [-0.3, -0.25) is 10.1 Å². The van der Waals surface area contributed by atoms with E-state index in [-0.39, 0.29) is 11.5 Å². The quantitative estimate of drug-likeness (QED) is 0.686. The van der Waals surface area contributed by atoms with Crippen molar-refractivity contribution in [3.63, 3.8) is 0 Å². The van der Waals surface area contributed by atoms with Crippen molar-refractivity contribution in [1.29, 1.82) is 0 Å². The monoisotopic (exact) mass is 312 g/mol. The van der Waals surface area contributed by atoms with Gasteiger partial charge in [0.2, 0.25) is 5.75 Å². The van der Waals surface area contributed by atoms with Crippen LogP contribution in [0.5, 0.6) is 11.5 Å². The second-order valence-electron chi connectivity index (χ2n) is 3.75. The number of hydrogen-bond acceptors (Lipinski definition) is 5. The first-order valence-corrected chi connectivity index (χ1v) is 5.77. The summed E-state index contributed by atoms with van der Waals surface area (Å²) in [4.78, 5) is 24.6. The van der Waals surface area contributed by atoms with Crippen LogP contribution in [0, 0.1) is 15.9 Å². The topological polar surface area (TPSA) is 103 Å². The number of nitro groups is 1. The second-order valence-corrected chi connectivity index (χ2v) is 4.16. The highest BCUT2D eigenvalue weighted by Crippen LogP contribution is 2.36. The number of nitro benzene ring substituents is 1. The molecule has 0 saturated heterocycles. The minimum absolute atomic E-state index is 0.226. The Balaban J connectivity index is 2.52. The van der Waals surface area contributed by atoms with Crippen LogP contribution in [0.3, 0.4) is 0 Å². The molecule has 1 heterocycles. The maximum absolute atomic E-state index is 13.3. The lowest BCUT2D eigenvalue weighted by Gasteiger charge is -2.08. The van der Waals surface area contributed by atoms with Crippen LogP contribution in [0.2, 0.25) is 5.02 Å². The molecule has 0 unspecified atom stereocenters. The van der Waals surface area contributed by atoms with Crippen molar-refractivity contribution in [2.24, 2.45) is 0 Å². The number of benzene rings is 1. The number of ether oxygens (including phenoxy) is 1. The molecule has 7 nitrogen and oxygen atoms in total. The summed E-state index contributed by atoms with van der Waals surface area (Å²) >= 11 is 5.55. The smallest absolute Gasteiger partial charge is 0.358 e. The van der Waals surface area contributed by atoms with E-state index in [2.05, 4.69) is 4.98 Å². The van der Waals surface area contributed by atoms with Crippen molar-refractivity contribution in [2.75, 3.05) is 0 Å². The van der Waals surface area contributed by atoms with Gasteiger partial charge in [-0.15, -0.1) is 0 Å². The van der Waals surface area contributed by atoms with Crippen LogP contribution in [-0.2, 0) is 0 Å². The van der Waals surface area contributed by atoms with Crippen LogP contribution in [0.15, 0.2) is 30.5 Å². The maximum Gasteiger partial charge on any atom is 0.358 e. The number of aromatic carboxylic acids is 1. The van der Waals surface area contributed by atoms with Gasteiger partial charge >= 0.3 is 11.7 Å². The number of nitrogens with zero attached hydrogens (tertiary/aromatic N) is 2. The van der Waals surface area contributed by atoms with Gasteiger partial charge in [-0.25, -0.2) is 14.2 Å². The first-order valence-electron chi connectivity index (χ1n) is 5.39. The van der Waals surface area contributed by atoms with E-state index >= 15 is 0 Å². The summed E-state index contributed by atoms with van der Waals surface area (Å²) in [5.41, 5.74) is -1.12. The Morgan fingerprint density at radius 2 is 2.14 bits per heavy atom. The van der Waals surface area contributed by atoms with Gasteiger partial charge in [-0.05, 0) is 12.1 Å². The molecule has 0 fully saturated rings. The van der Waals surface area contributed by atoms with E-state index in [1.807, 2.05) is 0 Å². The molecule has 0 aliphatic rings. The molecule has 0 atom stereocenters. The molecule has 0 spiro atoms. The molecule has 9 heteroatoms. The number of halogens is 2. The standard InChI is InChI=1S/C12H6ClFN2O5/c13-6-4-10(8(16(19)20)5-7(6)14)21-9-2-1-3-15-11(9)12(17)18/h1-5H,(H,17,18). The maximum atomic E-state index is 13.3. The van der Waals surface area contributed by atoms with Crippen LogP contribution < -0.4 is 4.74 Å². The zero-order valence-corrected chi connectivity index (χ0v) is 10.9. The zero-order chi connectivity index (χ0) is 15.6. The Bertz CT molecular complexity index is 738. The second kappa shape index (κ2) is 5.71. The van der Waals surface area contributed by atoms with Crippen LogP contribution in [0.1, 0.15) is 10.5 Å². The highest BCUT2D eigenvalue weighted by atomic mass is 35.5. The fourth-order valence-corrected chi connectivity index (χ4v) is 1.65. The van der Waals surface area contributed by atoms with E-state index in [4.69, 9.17) is 21.4 Å². The van der Waals surface area contributed by atoms with E-state index in [1.165, 1.54) is 18.3 Å². The number of hydrogen-bond donors (Lipinski definition) is 1. The highest BCUT2D eigenvalue weighted by molar-refractivity contribution is 6.31. The molecule has 108 valence electrons. The third-order valence-corrected chi connectivity index (χ3v) is 2.68. The number of rotatable bonds is 4. The van der Waals surface area contributed by atoms with Gasteiger partial charge in [0.25, 0.3) is 0 Å². The Hall–Kier alpha value is -2.74. The Kier molecular flexibility index (Phi) is 3.99. The molecule has 0 amide bonds. The average molecular weight is 313 g/mol. The number of aromatic nitrogens is 1. The largest absolute Gasteiger partial charge is 0.476 e. The van der Waals surface area contributed by atoms with Crippen molar-refractivity contribution in [3.8, 4) is 11.5 Å². The van der Waals surface area contributed by atoms with Gasteiger partial charge in [0, 0.05) is 12.3 Å². The number of carboxylic acid groups (broad SMARTS) is 1. The summed E-state index contributed by atoms with van der Waals surface area (Å²) < 4.78 is 18.4. The molecular weight excluding hydrogens is 307 g/mol. The van der Waals surface area contributed by atoms with Crippen LogP contribution >= 0.6 is 11.6 Å². The predicted octanol–water partition coefficient (Wildman–Crippen LogP) is 3.27. The third kappa shape index (κ3) is 3.06.